The largest absolute Gasteiger partial charge is 0.462 e. The molecule has 5 aliphatic rings. The SMILES string of the molecule is CC(C)C1=C2[C@H]3CC[C@@H]4[C@@]5(C)CC[C@H](OC(=O)CC(C)(C)C(=O)OC(C)(C)C)C(C)(C)[C@@H]5CC[C@@]4(C)[C@]3(C)CCC2(C(O)CN)CC1=O. The lowest BCUT2D eigenvalue weighted by atomic mass is 9.33. The van der Waals surface area contributed by atoms with E-state index in [9.17, 15) is 19.5 Å². The number of allylic oxidation sites excluding steroid dienone is 1. The third-order valence-electron chi connectivity index (χ3n) is 15.1. The van der Waals surface area contributed by atoms with Gasteiger partial charge in [-0.2, -0.15) is 0 Å². The number of ether oxygens (including phenoxy) is 2. The summed E-state index contributed by atoms with van der Waals surface area (Å²) in [6, 6.07) is 0. The molecule has 0 amide bonds. The second-order valence-corrected chi connectivity index (χ2v) is 20.0. The van der Waals surface area contributed by atoms with Gasteiger partial charge in [-0.1, -0.05) is 54.0 Å². The third-order valence-corrected chi connectivity index (χ3v) is 15.1. The molecule has 0 bridgehead atoms. The summed E-state index contributed by atoms with van der Waals surface area (Å²) in [5, 5.41) is 11.4. The molecule has 0 aromatic carbocycles. The highest BCUT2D eigenvalue weighted by atomic mass is 16.6. The lowest BCUT2D eigenvalue weighted by molar-refractivity contribution is -0.235. The molecule has 7 nitrogen and oxygen atoms in total. The smallest absolute Gasteiger partial charge is 0.312 e. The van der Waals surface area contributed by atoms with Crippen molar-refractivity contribution in [1.29, 1.82) is 0 Å². The van der Waals surface area contributed by atoms with Crippen molar-refractivity contribution in [1.82, 2.24) is 0 Å². The molecule has 0 aromatic heterocycles. The van der Waals surface area contributed by atoms with Gasteiger partial charge in [-0.3, -0.25) is 14.4 Å². The Morgan fingerprint density at radius 3 is 2.12 bits per heavy atom. The first kappa shape index (κ1) is 37.5. The van der Waals surface area contributed by atoms with E-state index in [0.29, 0.717) is 18.3 Å². The number of fused-ring (bicyclic) bond motifs is 7. The topological polar surface area (TPSA) is 116 Å². The van der Waals surface area contributed by atoms with Gasteiger partial charge in [0.2, 0.25) is 0 Å². The summed E-state index contributed by atoms with van der Waals surface area (Å²) < 4.78 is 11.9. The average Bonchev–Trinajstić information content (AvgIpc) is 3.26. The van der Waals surface area contributed by atoms with Crippen LogP contribution in [0.5, 0.6) is 0 Å². The highest BCUT2D eigenvalue weighted by Gasteiger charge is 2.70. The second kappa shape index (κ2) is 11.9. The molecular weight excluding hydrogens is 602 g/mol. The molecule has 5 aliphatic carbocycles. The normalized spacial score (nSPS) is 40.0. The van der Waals surface area contributed by atoms with E-state index >= 15 is 0 Å². The number of aliphatic hydroxyl groups excluding tert-OH is 1. The maximum absolute atomic E-state index is 13.7. The molecule has 2 unspecified atom stereocenters. The van der Waals surface area contributed by atoms with E-state index in [0.717, 1.165) is 56.9 Å². The molecule has 5 rings (SSSR count). The molecule has 4 saturated carbocycles. The van der Waals surface area contributed by atoms with Gasteiger partial charge in [0, 0.05) is 23.8 Å². The molecule has 0 aliphatic heterocycles. The Hall–Kier alpha value is -1.73. The molecule has 0 radical (unpaired) electrons. The highest BCUT2D eigenvalue weighted by Crippen LogP contribution is 2.77. The number of nitrogens with two attached hydrogens (primary N) is 1. The van der Waals surface area contributed by atoms with Crippen molar-refractivity contribution in [2.75, 3.05) is 6.54 Å². The number of aliphatic hydroxyl groups is 1. The van der Waals surface area contributed by atoms with E-state index in [4.69, 9.17) is 15.2 Å². The van der Waals surface area contributed by atoms with Crippen LogP contribution in [-0.2, 0) is 23.9 Å². The van der Waals surface area contributed by atoms with Crippen LogP contribution in [0.1, 0.15) is 147 Å². The predicted molar refractivity (Wildman–Crippen MR) is 189 cm³/mol. The fraction of sp³-hybridized carbons (Fsp3) is 0.878. The molecule has 4 fully saturated rings. The fourth-order valence-corrected chi connectivity index (χ4v) is 12.6. The Morgan fingerprint density at radius 1 is 0.896 bits per heavy atom. The monoisotopic (exact) mass is 669 g/mol. The third kappa shape index (κ3) is 5.54. The van der Waals surface area contributed by atoms with Gasteiger partial charge in [-0.25, -0.2) is 0 Å². The number of hydrogen-bond donors (Lipinski definition) is 2. The van der Waals surface area contributed by atoms with Crippen LogP contribution >= 0.6 is 0 Å². The molecule has 0 aromatic rings. The summed E-state index contributed by atoms with van der Waals surface area (Å²) in [4.78, 5) is 39.9. The van der Waals surface area contributed by atoms with Gasteiger partial charge in [0.25, 0.3) is 0 Å². The minimum absolute atomic E-state index is 0.00602. The minimum atomic E-state index is -0.967. The van der Waals surface area contributed by atoms with Gasteiger partial charge >= 0.3 is 11.9 Å². The highest BCUT2D eigenvalue weighted by molar-refractivity contribution is 6.00. The van der Waals surface area contributed by atoms with Gasteiger partial charge < -0.3 is 20.3 Å². The quantitative estimate of drug-likeness (QED) is 0.264. The Morgan fingerprint density at radius 2 is 1.54 bits per heavy atom. The number of Topliss-reactive ketones (excluding diaryl/α,β-unsaturated/α-hetero) is 1. The molecule has 0 saturated heterocycles. The first-order valence-electron chi connectivity index (χ1n) is 19.0. The summed E-state index contributed by atoms with van der Waals surface area (Å²) in [7, 11) is 0. The predicted octanol–water partition coefficient (Wildman–Crippen LogP) is 7.96. The van der Waals surface area contributed by atoms with Crippen LogP contribution in [0.15, 0.2) is 11.1 Å². The number of hydrogen-bond acceptors (Lipinski definition) is 7. The van der Waals surface area contributed by atoms with E-state index < -0.39 is 22.5 Å². The zero-order chi connectivity index (χ0) is 36.0. The van der Waals surface area contributed by atoms with Crippen molar-refractivity contribution in [2.45, 2.75) is 165 Å². The van der Waals surface area contributed by atoms with Crippen molar-refractivity contribution in [3.8, 4) is 0 Å². The van der Waals surface area contributed by atoms with Crippen LogP contribution < -0.4 is 5.73 Å². The molecule has 48 heavy (non-hydrogen) atoms. The Balaban J connectivity index is 1.40. The first-order chi connectivity index (χ1) is 21.9. The molecule has 272 valence electrons. The zero-order valence-electron chi connectivity index (χ0n) is 32.3. The molecule has 0 spiro atoms. The number of carbonyl (C=O) groups excluding carboxylic acids is 3. The van der Waals surface area contributed by atoms with E-state index in [1.54, 1.807) is 13.8 Å². The average molecular weight is 670 g/mol. The zero-order valence-corrected chi connectivity index (χ0v) is 32.3. The minimum Gasteiger partial charge on any atom is -0.462 e. The van der Waals surface area contributed by atoms with Gasteiger partial charge in [0.05, 0.1) is 17.9 Å². The van der Waals surface area contributed by atoms with E-state index in [2.05, 4.69) is 48.5 Å². The van der Waals surface area contributed by atoms with E-state index in [1.807, 2.05) is 20.8 Å². The molecule has 0 heterocycles. The number of esters is 2. The Kier molecular flexibility index (Phi) is 9.32. The number of rotatable bonds is 7. The van der Waals surface area contributed by atoms with E-state index in [-0.39, 0.29) is 70.3 Å². The van der Waals surface area contributed by atoms with Crippen LogP contribution in [0, 0.1) is 56.2 Å². The van der Waals surface area contributed by atoms with Crippen molar-refractivity contribution in [2.24, 2.45) is 61.9 Å². The Labute approximate surface area is 290 Å². The molecule has 3 N–H and O–H groups in total. The standard InChI is InChI=1S/C41H67NO6/c1-24(2)32-26(43)21-41(29(44)23-42)20-19-39(11)25(33(32)41)13-14-28-38(10)17-16-30(37(8,9)27(38)15-18-40(28,39)12)47-31(45)22-36(6,7)34(46)48-35(3,4)5/h24-25,27-30,44H,13-23,42H2,1-12H3/t25-,27+,28-,29?,30+,38+,39-,40-,41?/m1/s1. The second-order valence-electron chi connectivity index (χ2n) is 20.0. The summed E-state index contributed by atoms with van der Waals surface area (Å²) in [5.74, 6) is 0.836. The van der Waals surface area contributed by atoms with Crippen LogP contribution in [0.25, 0.3) is 0 Å². The molecule has 7 heteroatoms. The van der Waals surface area contributed by atoms with E-state index in [1.165, 1.54) is 5.57 Å². The van der Waals surface area contributed by atoms with Gasteiger partial charge in [-0.05, 0) is 131 Å². The number of carbonyl (C=O) groups is 3. The maximum Gasteiger partial charge on any atom is 0.312 e. The number of ketones is 1. The van der Waals surface area contributed by atoms with Crippen LogP contribution in [0.3, 0.4) is 0 Å². The Bertz CT molecular complexity index is 1350. The van der Waals surface area contributed by atoms with Crippen molar-refractivity contribution >= 4 is 17.7 Å². The summed E-state index contributed by atoms with van der Waals surface area (Å²) in [6.07, 6.45) is 7.46. The lowest BCUT2D eigenvalue weighted by Crippen LogP contribution is -2.66. The lowest BCUT2D eigenvalue weighted by Gasteiger charge is -2.72. The van der Waals surface area contributed by atoms with Gasteiger partial charge in [0.1, 0.15) is 11.7 Å². The van der Waals surface area contributed by atoms with Gasteiger partial charge in [-0.15, -0.1) is 0 Å². The molecule has 9 atom stereocenters. The molecular formula is C41H67NO6. The van der Waals surface area contributed by atoms with Crippen molar-refractivity contribution in [3.05, 3.63) is 11.1 Å². The van der Waals surface area contributed by atoms with Crippen LogP contribution in [-0.4, -0.2) is 47.2 Å². The van der Waals surface area contributed by atoms with Gasteiger partial charge in [0.15, 0.2) is 5.78 Å². The maximum atomic E-state index is 13.7. The first-order valence-corrected chi connectivity index (χ1v) is 19.0. The van der Waals surface area contributed by atoms with Crippen molar-refractivity contribution < 1.29 is 29.0 Å². The fourth-order valence-electron chi connectivity index (χ4n) is 12.6. The summed E-state index contributed by atoms with van der Waals surface area (Å²) >= 11 is 0. The summed E-state index contributed by atoms with van der Waals surface area (Å²) in [6.45, 7) is 25.7. The summed E-state index contributed by atoms with van der Waals surface area (Å²) in [5.41, 5.74) is 6.28. The van der Waals surface area contributed by atoms with Crippen molar-refractivity contribution in [3.63, 3.8) is 0 Å². The van der Waals surface area contributed by atoms with Crippen LogP contribution in [0.2, 0.25) is 0 Å². The van der Waals surface area contributed by atoms with Crippen LogP contribution in [0.4, 0.5) is 0 Å².